The van der Waals surface area contributed by atoms with Gasteiger partial charge in [-0.15, -0.1) is 0 Å². The summed E-state index contributed by atoms with van der Waals surface area (Å²) >= 11 is 2.86. The number of ketones is 1. The minimum Gasteiger partial charge on any atom is -0.295 e. The van der Waals surface area contributed by atoms with E-state index in [0.29, 0.717) is 11.3 Å². The quantitative estimate of drug-likeness (QED) is 0.682. The molecule has 0 heterocycles. The van der Waals surface area contributed by atoms with Gasteiger partial charge in [0.25, 0.3) is 0 Å². The van der Waals surface area contributed by atoms with Crippen LogP contribution in [0.4, 0.5) is 5.69 Å². The van der Waals surface area contributed by atoms with Crippen LogP contribution in [0.1, 0.15) is 17.3 Å². The fourth-order valence-electron chi connectivity index (χ4n) is 1.01. The van der Waals surface area contributed by atoms with Gasteiger partial charge in [0.15, 0.2) is 5.78 Å². The van der Waals surface area contributed by atoms with Crippen molar-refractivity contribution in [1.29, 1.82) is 0 Å². The standard InChI is InChI=1S/C9H10BrNO3S/c1-7(12)8-3-2-4-9(5-8)11-15(13,14)6-10/h2-5,11H,6H2,1H3. The molecule has 0 saturated carbocycles. The number of hydrogen-bond donors (Lipinski definition) is 1. The van der Waals surface area contributed by atoms with E-state index in [1.54, 1.807) is 18.2 Å². The Kier molecular flexibility index (Phi) is 3.87. The lowest BCUT2D eigenvalue weighted by Gasteiger charge is -2.05. The molecule has 82 valence electrons. The van der Waals surface area contributed by atoms with Gasteiger partial charge in [-0.3, -0.25) is 9.52 Å². The SMILES string of the molecule is CC(=O)c1cccc(NS(=O)(=O)CBr)c1. The summed E-state index contributed by atoms with van der Waals surface area (Å²) in [6.07, 6.45) is 0. The summed E-state index contributed by atoms with van der Waals surface area (Å²) in [6.45, 7) is 1.43. The Balaban J connectivity index is 2.97. The molecular formula is C9H10BrNO3S. The first kappa shape index (κ1) is 12.2. The lowest BCUT2D eigenvalue weighted by Crippen LogP contribution is -2.13. The van der Waals surface area contributed by atoms with Crippen molar-refractivity contribution in [3.05, 3.63) is 29.8 Å². The summed E-state index contributed by atoms with van der Waals surface area (Å²) in [7, 11) is -3.36. The van der Waals surface area contributed by atoms with Crippen molar-refractivity contribution >= 4 is 37.4 Å². The van der Waals surface area contributed by atoms with E-state index in [4.69, 9.17) is 0 Å². The topological polar surface area (TPSA) is 63.2 Å². The molecule has 4 nitrogen and oxygen atoms in total. The number of carbonyl (C=O) groups is 1. The molecule has 15 heavy (non-hydrogen) atoms. The largest absolute Gasteiger partial charge is 0.295 e. The maximum Gasteiger partial charge on any atom is 0.242 e. The fourth-order valence-corrected chi connectivity index (χ4v) is 1.89. The Hall–Kier alpha value is -0.880. The maximum atomic E-state index is 11.2. The van der Waals surface area contributed by atoms with Crippen LogP contribution in [-0.4, -0.2) is 18.9 Å². The number of rotatable bonds is 4. The summed E-state index contributed by atoms with van der Waals surface area (Å²) in [5.41, 5.74) is 0.868. The van der Waals surface area contributed by atoms with Crippen LogP contribution in [0.25, 0.3) is 0 Å². The molecule has 1 N–H and O–H groups in total. The van der Waals surface area contributed by atoms with Crippen molar-refractivity contribution in [1.82, 2.24) is 0 Å². The highest BCUT2D eigenvalue weighted by atomic mass is 79.9. The Bertz CT molecular complexity index is 470. The number of nitrogens with one attached hydrogen (secondary N) is 1. The third-order valence-electron chi connectivity index (χ3n) is 1.69. The normalized spacial score (nSPS) is 11.1. The Morgan fingerprint density at radius 3 is 2.67 bits per heavy atom. The van der Waals surface area contributed by atoms with Crippen molar-refractivity contribution in [2.75, 3.05) is 9.38 Å². The molecule has 0 atom stereocenters. The molecule has 0 saturated heterocycles. The Labute approximate surface area is 96.9 Å². The van der Waals surface area contributed by atoms with E-state index in [0.717, 1.165) is 0 Å². The molecule has 0 amide bonds. The van der Waals surface area contributed by atoms with Crippen LogP contribution in [0.5, 0.6) is 0 Å². The highest BCUT2D eigenvalue weighted by Crippen LogP contribution is 2.13. The molecule has 0 fully saturated rings. The molecule has 0 aliphatic carbocycles. The Morgan fingerprint density at radius 1 is 1.47 bits per heavy atom. The van der Waals surface area contributed by atoms with Crippen LogP contribution >= 0.6 is 15.9 Å². The van der Waals surface area contributed by atoms with E-state index in [2.05, 4.69) is 20.7 Å². The second-order valence-electron chi connectivity index (χ2n) is 2.96. The summed E-state index contributed by atoms with van der Waals surface area (Å²) < 4.78 is 24.6. The van der Waals surface area contributed by atoms with Gasteiger partial charge in [-0.1, -0.05) is 28.1 Å². The van der Waals surface area contributed by atoms with Gasteiger partial charge in [-0.2, -0.15) is 0 Å². The number of alkyl halides is 1. The lowest BCUT2D eigenvalue weighted by atomic mass is 10.1. The molecule has 1 aromatic carbocycles. The zero-order valence-electron chi connectivity index (χ0n) is 8.03. The van der Waals surface area contributed by atoms with Crippen LogP contribution in [0, 0.1) is 0 Å². The van der Waals surface area contributed by atoms with Gasteiger partial charge in [0.1, 0.15) is 4.66 Å². The van der Waals surface area contributed by atoms with Gasteiger partial charge in [-0.05, 0) is 19.1 Å². The predicted molar refractivity (Wildman–Crippen MR) is 62.8 cm³/mol. The van der Waals surface area contributed by atoms with Crippen molar-refractivity contribution < 1.29 is 13.2 Å². The van der Waals surface area contributed by atoms with Crippen molar-refractivity contribution in [2.45, 2.75) is 6.92 Å². The molecule has 1 aromatic rings. The number of benzene rings is 1. The van der Waals surface area contributed by atoms with Crippen LogP contribution in [0.3, 0.4) is 0 Å². The average Bonchev–Trinajstić information content (AvgIpc) is 2.17. The van der Waals surface area contributed by atoms with Crippen LogP contribution < -0.4 is 4.72 Å². The number of sulfonamides is 1. The molecular weight excluding hydrogens is 282 g/mol. The maximum absolute atomic E-state index is 11.2. The molecule has 0 aliphatic rings. The highest BCUT2D eigenvalue weighted by molar-refractivity contribution is 9.10. The number of anilines is 1. The van der Waals surface area contributed by atoms with Crippen molar-refractivity contribution in [3.8, 4) is 0 Å². The third kappa shape index (κ3) is 3.64. The van der Waals surface area contributed by atoms with Gasteiger partial charge < -0.3 is 0 Å². The molecule has 0 aliphatic heterocycles. The molecule has 0 aromatic heterocycles. The van der Waals surface area contributed by atoms with E-state index in [1.807, 2.05) is 0 Å². The van der Waals surface area contributed by atoms with Gasteiger partial charge in [0.2, 0.25) is 10.0 Å². The molecule has 0 unspecified atom stereocenters. The first-order valence-electron chi connectivity index (χ1n) is 4.12. The third-order valence-corrected chi connectivity index (χ3v) is 4.33. The number of halogens is 1. The van der Waals surface area contributed by atoms with Gasteiger partial charge in [0, 0.05) is 11.3 Å². The summed E-state index contributed by atoms with van der Waals surface area (Å²) in [6, 6.07) is 6.35. The predicted octanol–water partition coefficient (Wildman–Crippen LogP) is 1.98. The molecule has 0 radical (unpaired) electrons. The highest BCUT2D eigenvalue weighted by Gasteiger charge is 2.08. The molecule has 0 spiro atoms. The van der Waals surface area contributed by atoms with Gasteiger partial charge >= 0.3 is 0 Å². The van der Waals surface area contributed by atoms with Crippen molar-refractivity contribution in [3.63, 3.8) is 0 Å². The fraction of sp³-hybridized carbons (Fsp3) is 0.222. The first-order valence-corrected chi connectivity index (χ1v) is 6.89. The van der Waals surface area contributed by atoms with E-state index in [1.165, 1.54) is 13.0 Å². The van der Waals surface area contributed by atoms with E-state index < -0.39 is 10.0 Å². The van der Waals surface area contributed by atoms with E-state index >= 15 is 0 Å². The summed E-state index contributed by atoms with van der Waals surface area (Å²) in [5.74, 6) is -0.102. The van der Waals surface area contributed by atoms with Crippen LogP contribution in [0.15, 0.2) is 24.3 Å². The zero-order valence-corrected chi connectivity index (χ0v) is 10.4. The van der Waals surface area contributed by atoms with Crippen LogP contribution in [0.2, 0.25) is 0 Å². The molecule has 0 bridgehead atoms. The monoisotopic (exact) mass is 291 g/mol. The smallest absolute Gasteiger partial charge is 0.242 e. The van der Waals surface area contributed by atoms with Crippen molar-refractivity contribution in [2.24, 2.45) is 0 Å². The van der Waals surface area contributed by atoms with Crippen LogP contribution in [-0.2, 0) is 10.0 Å². The summed E-state index contributed by atoms with van der Waals surface area (Å²) in [5, 5.41) is 0. The number of hydrogen-bond acceptors (Lipinski definition) is 3. The molecule has 6 heteroatoms. The van der Waals surface area contributed by atoms with E-state index in [9.17, 15) is 13.2 Å². The van der Waals surface area contributed by atoms with Gasteiger partial charge in [-0.25, -0.2) is 8.42 Å². The summed E-state index contributed by atoms with van der Waals surface area (Å²) in [4.78, 5) is 11.0. The number of Topliss-reactive ketones (excluding diaryl/α,β-unsaturated/α-hetero) is 1. The Morgan fingerprint density at radius 2 is 2.13 bits per heavy atom. The first-order chi connectivity index (χ1) is 6.94. The second-order valence-corrected chi connectivity index (χ2v) is 5.99. The lowest BCUT2D eigenvalue weighted by molar-refractivity contribution is 0.101. The second kappa shape index (κ2) is 4.76. The van der Waals surface area contributed by atoms with Gasteiger partial charge in [0.05, 0.1) is 0 Å². The minimum absolute atomic E-state index is 0.102. The van der Waals surface area contributed by atoms with E-state index in [-0.39, 0.29) is 10.4 Å². The average molecular weight is 292 g/mol. The molecule has 1 rings (SSSR count). The zero-order chi connectivity index (χ0) is 11.5. The number of carbonyl (C=O) groups excluding carboxylic acids is 1. The minimum atomic E-state index is -3.36.